The molecule has 3 rings (SSSR count). The molecule has 2 fully saturated rings. The number of halogens is 2. The first-order chi connectivity index (χ1) is 9.07. The minimum absolute atomic E-state index is 0. The average Bonchev–Trinajstić information content (AvgIpc) is 2.86. The third-order valence-electron chi connectivity index (χ3n) is 4.07. The van der Waals surface area contributed by atoms with E-state index in [0.29, 0.717) is 29.9 Å². The van der Waals surface area contributed by atoms with Crippen molar-refractivity contribution in [3.8, 4) is 0 Å². The van der Waals surface area contributed by atoms with Crippen molar-refractivity contribution in [1.29, 1.82) is 0 Å². The highest BCUT2D eigenvalue weighted by molar-refractivity contribution is 9.10. The van der Waals surface area contributed by atoms with E-state index >= 15 is 0 Å². The molecule has 0 spiro atoms. The van der Waals surface area contributed by atoms with Gasteiger partial charge in [-0.05, 0) is 49.6 Å². The molecule has 1 aromatic carbocycles. The van der Waals surface area contributed by atoms with E-state index < -0.39 is 10.0 Å². The van der Waals surface area contributed by atoms with Crippen molar-refractivity contribution in [3.05, 3.63) is 28.7 Å². The zero-order valence-corrected chi connectivity index (χ0v) is 14.2. The molecule has 2 atom stereocenters. The Balaban J connectivity index is 0.00000147. The summed E-state index contributed by atoms with van der Waals surface area (Å²) in [4.78, 5) is 0.389. The molecule has 112 valence electrons. The number of hydrogen-bond acceptors (Lipinski definition) is 3. The fraction of sp³-hybridized carbons (Fsp3) is 0.538. The molecular weight excluding hydrogens is 364 g/mol. The molecule has 2 aliphatic rings. The van der Waals surface area contributed by atoms with Crippen molar-refractivity contribution < 1.29 is 8.42 Å². The molecule has 7 heteroatoms. The first kappa shape index (κ1) is 16.2. The normalized spacial score (nSPS) is 26.9. The third kappa shape index (κ3) is 3.04. The Morgan fingerprint density at radius 3 is 2.60 bits per heavy atom. The van der Waals surface area contributed by atoms with Gasteiger partial charge in [-0.3, -0.25) is 0 Å². The fourth-order valence-corrected chi connectivity index (χ4v) is 4.76. The molecule has 20 heavy (non-hydrogen) atoms. The first-order valence-electron chi connectivity index (χ1n) is 6.56. The van der Waals surface area contributed by atoms with Crippen molar-refractivity contribution in [2.24, 2.45) is 5.92 Å². The first-order valence-corrected chi connectivity index (χ1v) is 8.80. The van der Waals surface area contributed by atoms with E-state index in [2.05, 4.69) is 21.2 Å². The molecule has 4 nitrogen and oxygen atoms in total. The van der Waals surface area contributed by atoms with Crippen molar-refractivity contribution in [1.82, 2.24) is 9.62 Å². The topological polar surface area (TPSA) is 49.4 Å². The number of benzene rings is 1. The van der Waals surface area contributed by atoms with Crippen LogP contribution in [0, 0.1) is 5.92 Å². The maximum atomic E-state index is 12.6. The highest BCUT2D eigenvalue weighted by atomic mass is 79.9. The van der Waals surface area contributed by atoms with E-state index in [9.17, 15) is 8.42 Å². The van der Waals surface area contributed by atoms with Crippen molar-refractivity contribution in [2.45, 2.75) is 23.8 Å². The van der Waals surface area contributed by atoms with Gasteiger partial charge in [-0.2, -0.15) is 4.31 Å². The van der Waals surface area contributed by atoms with Crippen LogP contribution >= 0.6 is 28.3 Å². The van der Waals surface area contributed by atoms with Gasteiger partial charge in [-0.25, -0.2) is 8.42 Å². The van der Waals surface area contributed by atoms with E-state index in [4.69, 9.17) is 0 Å². The number of hydrogen-bond donors (Lipinski definition) is 1. The van der Waals surface area contributed by atoms with Crippen molar-refractivity contribution in [3.63, 3.8) is 0 Å². The Labute approximate surface area is 134 Å². The van der Waals surface area contributed by atoms with Gasteiger partial charge in [0, 0.05) is 23.6 Å². The van der Waals surface area contributed by atoms with Gasteiger partial charge in [0.25, 0.3) is 0 Å². The molecule has 0 aliphatic carbocycles. The van der Waals surface area contributed by atoms with Gasteiger partial charge in [-0.15, -0.1) is 12.4 Å². The summed E-state index contributed by atoms with van der Waals surface area (Å²) in [6, 6.07) is 7.39. The summed E-state index contributed by atoms with van der Waals surface area (Å²) < 4.78 is 27.7. The number of sulfonamides is 1. The summed E-state index contributed by atoms with van der Waals surface area (Å²) >= 11 is 3.33. The lowest BCUT2D eigenvalue weighted by atomic mass is 9.95. The highest BCUT2D eigenvalue weighted by Crippen LogP contribution is 2.28. The fourth-order valence-electron chi connectivity index (χ4n) is 2.99. The van der Waals surface area contributed by atoms with Gasteiger partial charge in [0.1, 0.15) is 0 Å². The molecular formula is C13H18BrClN2O2S. The number of nitrogens with zero attached hydrogens (tertiary/aromatic N) is 1. The molecule has 0 aromatic heterocycles. The second-order valence-electron chi connectivity index (χ2n) is 5.22. The average molecular weight is 382 g/mol. The SMILES string of the molecule is Cl.O=S(=O)(c1ccc(Br)cc1)N1CCC2NCCC2C1. The van der Waals surface area contributed by atoms with E-state index in [1.54, 1.807) is 28.6 Å². The molecule has 0 radical (unpaired) electrons. The van der Waals surface area contributed by atoms with Gasteiger partial charge in [0.15, 0.2) is 0 Å². The molecule has 1 aromatic rings. The zero-order valence-electron chi connectivity index (χ0n) is 11.0. The zero-order chi connectivity index (χ0) is 13.5. The monoisotopic (exact) mass is 380 g/mol. The van der Waals surface area contributed by atoms with Crippen LogP contribution in [0.1, 0.15) is 12.8 Å². The number of fused-ring (bicyclic) bond motifs is 1. The molecule has 0 bridgehead atoms. The predicted octanol–water partition coefficient (Wildman–Crippen LogP) is 2.24. The van der Waals surface area contributed by atoms with Gasteiger partial charge in [-0.1, -0.05) is 15.9 Å². The lowest BCUT2D eigenvalue weighted by Gasteiger charge is -2.33. The predicted molar refractivity (Wildman–Crippen MR) is 84.7 cm³/mol. The van der Waals surface area contributed by atoms with Crippen LogP contribution in [-0.4, -0.2) is 38.4 Å². The van der Waals surface area contributed by atoms with Crippen LogP contribution in [0.3, 0.4) is 0 Å². The molecule has 2 unspecified atom stereocenters. The quantitative estimate of drug-likeness (QED) is 0.855. The molecule has 2 saturated heterocycles. The molecule has 0 amide bonds. The highest BCUT2D eigenvalue weighted by Gasteiger charge is 2.37. The van der Waals surface area contributed by atoms with Crippen LogP contribution < -0.4 is 5.32 Å². The summed E-state index contributed by atoms with van der Waals surface area (Å²) in [5.41, 5.74) is 0. The van der Waals surface area contributed by atoms with Crippen LogP contribution in [0.25, 0.3) is 0 Å². The van der Waals surface area contributed by atoms with Gasteiger partial charge in [0.2, 0.25) is 10.0 Å². The van der Waals surface area contributed by atoms with Crippen LogP contribution in [0.5, 0.6) is 0 Å². The van der Waals surface area contributed by atoms with Gasteiger partial charge in [0.05, 0.1) is 4.90 Å². The second kappa shape index (κ2) is 6.32. The van der Waals surface area contributed by atoms with Crippen molar-refractivity contribution >= 4 is 38.4 Å². The summed E-state index contributed by atoms with van der Waals surface area (Å²) in [5, 5.41) is 3.45. The molecule has 0 saturated carbocycles. The number of piperidine rings is 1. The van der Waals surface area contributed by atoms with E-state index in [0.717, 1.165) is 23.9 Å². The largest absolute Gasteiger partial charge is 0.314 e. The Kier molecular flexibility index (Phi) is 5.13. The van der Waals surface area contributed by atoms with E-state index in [1.165, 1.54) is 0 Å². The van der Waals surface area contributed by atoms with Crippen LogP contribution in [0.2, 0.25) is 0 Å². The Bertz CT molecular complexity index is 564. The van der Waals surface area contributed by atoms with Crippen LogP contribution in [-0.2, 0) is 10.0 Å². The lowest BCUT2D eigenvalue weighted by molar-refractivity contribution is 0.247. The summed E-state index contributed by atoms with van der Waals surface area (Å²) in [7, 11) is -3.33. The summed E-state index contributed by atoms with van der Waals surface area (Å²) in [6.07, 6.45) is 2.00. The standard InChI is InChI=1S/C13H17BrN2O2S.ClH/c14-11-1-3-12(4-2-11)19(17,18)16-8-6-13-10(9-16)5-7-15-13;/h1-4,10,13,15H,5-9H2;1H. The molecule has 1 N–H and O–H groups in total. The van der Waals surface area contributed by atoms with E-state index in [1.807, 2.05) is 0 Å². The van der Waals surface area contributed by atoms with Gasteiger partial charge < -0.3 is 5.32 Å². The number of rotatable bonds is 2. The molecule has 2 aliphatic heterocycles. The lowest BCUT2D eigenvalue weighted by Crippen LogP contribution is -2.46. The summed E-state index contributed by atoms with van der Waals surface area (Å²) in [5.74, 6) is 0.471. The van der Waals surface area contributed by atoms with Crippen molar-refractivity contribution in [2.75, 3.05) is 19.6 Å². The Morgan fingerprint density at radius 2 is 1.90 bits per heavy atom. The van der Waals surface area contributed by atoms with Gasteiger partial charge >= 0.3 is 0 Å². The van der Waals surface area contributed by atoms with E-state index in [-0.39, 0.29) is 12.4 Å². The second-order valence-corrected chi connectivity index (χ2v) is 8.07. The summed E-state index contributed by atoms with van der Waals surface area (Å²) in [6.45, 7) is 2.28. The van der Waals surface area contributed by atoms with Crippen LogP contribution in [0.15, 0.2) is 33.6 Å². The Morgan fingerprint density at radius 1 is 1.20 bits per heavy atom. The smallest absolute Gasteiger partial charge is 0.243 e. The third-order valence-corrected chi connectivity index (χ3v) is 6.48. The number of nitrogens with one attached hydrogen (secondary N) is 1. The maximum absolute atomic E-state index is 12.6. The Hall–Kier alpha value is -0.140. The van der Waals surface area contributed by atoms with Crippen LogP contribution in [0.4, 0.5) is 0 Å². The minimum atomic E-state index is -3.33. The minimum Gasteiger partial charge on any atom is -0.314 e. The molecule has 2 heterocycles. The maximum Gasteiger partial charge on any atom is 0.243 e.